The lowest BCUT2D eigenvalue weighted by molar-refractivity contribution is 0.0696. The number of pyridine rings is 1. The Morgan fingerprint density at radius 1 is 1.42 bits per heavy atom. The summed E-state index contributed by atoms with van der Waals surface area (Å²) in [6.45, 7) is 7.14. The monoisotopic (exact) mass is 284 g/mol. The second-order valence-corrected chi connectivity index (χ2v) is 5.22. The molecule has 5 heteroatoms. The van der Waals surface area contributed by atoms with Crippen LogP contribution in [0.25, 0.3) is 0 Å². The van der Waals surface area contributed by atoms with Gasteiger partial charge in [0.05, 0.1) is 5.56 Å². The average Bonchev–Trinajstić information content (AvgIpc) is 2.33. The first-order valence-electron chi connectivity index (χ1n) is 6.63. The van der Waals surface area contributed by atoms with Crippen LogP contribution in [0.15, 0.2) is 12.1 Å². The normalized spacial score (nSPS) is 10.8. The molecule has 106 valence electrons. The molecule has 1 rings (SSSR count). The topological polar surface area (TPSA) is 53.4 Å². The highest BCUT2D eigenvalue weighted by molar-refractivity contribution is 6.29. The number of anilines is 1. The lowest BCUT2D eigenvalue weighted by Gasteiger charge is -2.28. The molecule has 0 fully saturated rings. The van der Waals surface area contributed by atoms with Gasteiger partial charge in [-0.05, 0) is 32.4 Å². The van der Waals surface area contributed by atoms with Crippen LogP contribution in [-0.2, 0) is 0 Å². The van der Waals surface area contributed by atoms with Gasteiger partial charge in [0.25, 0.3) is 0 Å². The summed E-state index contributed by atoms with van der Waals surface area (Å²) in [5, 5.41) is 9.28. The van der Waals surface area contributed by atoms with E-state index in [1.807, 2.05) is 0 Å². The number of hydrogen-bond donors (Lipinski definition) is 1. The van der Waals surface area contributed by atoms with Crippen molar-refractivity contribution in [3.05, 3.63) is 22.8 Å². The Kier molecular flexibility index (Phi) is 6.09. The SMILES string of the molecule is CCCCCN(c1cc(C(=O)O)cc(Cl)n1)C(C)C. The quantitative estimate of drug-likeness (QED) is 0.610. The maximum Gasteiger partial charge on any atom is 0.335 e. The Labute approximate surface area is 119 Å². The second-order valence-electron chi connectivity index (χ2n) is 4.84. The molecular weight excluding hydrogens is 264 g/mol. The van der Waals surface area contributed by atoms with Gasteiger partial charge in [-0.15, -0.1) is 0 Å². The molecule has 0 saturated carbocycles. The molecule has 1 N–H and O–H groups in total. The molecule has 0 aliphatic carbocycles. The van der Waals surface area contributed by atoms with Crippen LogP contribution in [-0.4, -0.2) is 28.6 Å². The second kappa shape index (κ2) is 7.34. The fourth-order valence-electron chi connectivity index (χ4n) is 1.92. The van der Waals surface area contributed by atoms with Crippen LogP contribution in [0.4, 0.5) is 5.82 Å². The maximum atomic E-state index is 11.1. The smallest absolute Gasteiger partial charge is 0.335 e. The lowest BCUT2D eigenvalue weighted by atomic mass is 10.2. The molecule has 0 spiro atoms. The third-order valence-electron chi connectivity index (χ3n) is 2.95. The number of halogens is 1. The van der Waals surface area contributed by atoms with E-state index < -0.39 is 5.97 Å². The lowest BCUT2D eigenvalue weighted by Crippen LogP contribution is -2.32. The van der Waals surface area contributed by atoms with Crippen molar-refractivity contribution in [2.75, 3.05) is 11.4 Å². The largest absolute Gasteiger partial charge is 0.478 e. The van der Waals surface area contributed by atoms with E-state index in [4.69, 9.17) is 16.7 Å². The summed E-state index contributed by atoms with van der Waals surface area (Å²) < 4.78 is 0. The summed E-state index contributed by atoms with van der Waals surface area (Å²) in [5.74, 6) is -0.348. The third-order valence-corrected chi connectivity index (χ3v) is 3.14. The summed E-state index contributed by atoms with van der Waals surface area (Å²) in [4.78, 5) is 17.4. The van der Waals surface area contributed by atoms with Gasteiger partial charge in [-0.1, -0.05) is 31.4 Å². The van der Waals surface area contributed by atoms with Gasteiger partial charge in [0.1, 0.15) is 11.0 Å². The van der Waals surface area contributed by atoms with Crippen LogP contribution in [0.1, 0.15) is 50.4 Å². The molecule has 0 bridgehead atoms. The van der Waals surface area contributed by atoms with Crippen LogP contribution in [0, 0.1) is 0 Å². The molecule has 0 amide bonds. The number of aromatic carboxylic acids is 1. The van der Waals surface area contributed by atoms with Crippen molar-refractivity contribution in [2.24, 2.45) is 0 Å². The Balaban J connectivity index is 2.98. The Morgan fingerprint density at radius 2 is 2.11 bits per heavy atom. The first kappa shape index (κ1) is 15.8. The van der Waals surface area contributed by atoms with Crippen LogP contribution < -0.4 is 4.90 Å². The van der Waals surface area contributed by atoms with E-state index in [9.17, 15) is 4.79 Å². The zero-order valence-corrected chi connectivity index (χ0v) is 12.4. The number of unbranched alkanes of at least 4 members (excludes halogenated alkanes) is 2. The first-order chi connectivity index (χ1) is 8.95. The highest BCUT2D eigenvalue weighted by atomic mass is 35.5. The average molecular weight is 285 g/mol. The molecule has 0 aromatic carbocycles. The minimum absolute atomic E-state index is 0.177. The van der Waals surface area contributed by atoms with E-state index in [2.05, 4.69) is 30.7 Å². The number of rotatable bonds is 7. The Bertz CT molecular complexity index is 435. The number of aromatic nitrogens is 1. The van der Waals surface area contributed by atoms with E-state index in [1.165, 1.54) is 6.07 Å². The van der Waals surface area contributed by atoms with E-state index in [0.29, 0.717) is 5.82 Å². The Hall–Kier alpha value is -1.29. The summed E-state index contributed by atoms with van der Waals surface area (Å²) in [5.41, 5.74) is 0.177. The summed E-state index contributed by atoms with van der Waals surface area (Å²) in [6, 6.07) is 3.21. The molecular formula is C14H21ClN2O2. The molecule has 0 atom stereocenters. The zero-order valence-electron chi connectivity index (χ0n) is 11.7. The summed E-state index contributed by atoms with van der Waals surface area (Å²) in [7, 11) is 0. The predicted molar refractivity (Wildman–Crippen MR) is 78.2 cm³/mol. The molecule has 1 aromatic rings. The van der Waals surface area contributed by atoms with Crippen molar-refractivity contribution in [1.82, 2.24) is 4.98 Å². The van der Waals surface area contributed by atoms with Crippen LogP contribution in [0.5, 0.6) is 0 Å². The third kappa shape index (κ3) is 4.71. The van der Waals surface area contributed by atoms with Crippen molar-refractivity contribution >= 4 is 23.4 Å². The van der Waals surface area contributed by atoms with Gasteiger partial charge in [-0.2, -0.15) is 0 Å². The number of carbonyl (C=O) groups is 1. The van der Waals surface area contributed by atoms with E-state index in [1.54, 1.807) is 6.07 Å². The van der Waals surface area contributed by atoms with Crippen molar-refractivity contribution < 1.29 is 9.90 Å². The van der Waals surface area contributed by atoms with Gasteiger partial charge in [-0.3, -0.25) is 0 Å². The van der Waals surface area contributed by atoms with Gasteiger partial charge >= 0.3 is 5.97 Å². The fraction of sp³-hybridized carbons (Fsp3) is 0.571. The highest BCUT2D eigenvalue weighted by Crippen LogP contribution is 2.21. The van der Waals surface area contributed by atoms with Crippen LogP contribution >= 0.6 is 11.6 Å². The first-order valence-corrected chi connectivity index (χ1v) is 7.01. The Morgan fingerprint density at radius 3 is 2.63 bits per heavy atom. The molecule has 4 nitrogen and oxygen atoms in total. The molecule has 0 aliphatic rings. The van der Waals surface area contributed by atoms with Gasteiger partial charge in [-0.25, -0.2) is 9.78 Å². The van der Waals surface area contributed by atoms with Crippen molar-refractivity contribution in [3.63, 3.8) is 0 Å². The van der Waals surface area contributed by atoms with E-state index >= 15 is 0 Å². The highest BCUT2D eigenvalue weighted by Gasteiger charge is 2.15. The molecule has 1 aromatic heterocycles. The zero-order chi connectivity index (χ0) is 14.4. The summed E-state index contributed by atoms with van der Waals surface area (Å²) in [6.07, 6.45) is 3.36. The van der Waals surface area contributed by atoms with Crippen molar-refractivity contribution in [2.45, 2.75) is 46.1 Å². The molecule has 0 radical (unpaired) electrons. The minimum Gasteiger partial charge on any atom is -0.478 e. The van der Waals surface area contributed by atoms with Crippen LogP contribution in [0.2, 0.25) is 5.15 Å². The molecule has 1 heterocycles. The molecule has 0 aliphatic heterocycles. The minimum atomic E-state index is -0.984. The number of nitrogens with zero attached hydrogens (tertiary/aromatic N) is 2. The fourth-order valence-corrected chi connectivity index (χ4v) is 2.13. The van der Waals surface area contributed by atoms with Crippen molar-refractivity contribution in [1.29, 1.82) is 0 Å². The van der Waals surface area contributed by atoms with E-state index in [0.717, 1.165) is 25.8 Å². The number of hydrogen-bond acceptors (Lipinski definition) is 3. The van der Waals surface area contributed by atoms with Gasteiger partial charge < -0.3 is 10.0 Å². The standard InChI is InChI=1S/C14H21ClN2O2/c1-4-5-6-7-17(10(2)3)13-9-11(14(18)19)8-12(15)16-13/h8-10H,4-7H2,1-3H3,(H,18,19). The number of carboxylic acids is 1. The van der Waals surface area contributed by atoms with E-state index in [-0.39, 0.29) is 16.8 Å². The van der Waals surface area contributed by atoms with Crippen molar-refractivity contribution in [3.8, 4) is 0 Å². The predicted octanol–water partition coefficient (Wildman–Crippen LogP) is 3.84. The van der Waals surface area contributed by atoms with Gasteiger partial charge in [0.2, 0.25) is 0 Å². The summed E-state index contributed by atoms with van der Waals surface area (Å²) >= 11 is 5.90. The van der Waals surface area contributed by atoms with Gasteiger partial charge in [0.15, 0.2) is 0 Å². The molecule has 0 unspecified atom stereocenters. The number of carboxylic acid groups (broad SMARTS) is 1. The molecule has 19 heavy (non-hydrogen) atoms. The van der Waals surface area contributed by atoms with Gasteiger partial charge in [0, 0.05) is 12.6 Å². The maximum absolute atomic E-state index is 11.1. The van der Waals surface area contributed by atoms with Crippen LogP contribution in [0.3, 0.4) is 0 Å². The molecule has 0 saturated heterocycles.